The molecule has 16 heavy (non-hydrogen) atoms. The van der Waals surface area contributed by atoms with Gasteiger partial charge in [-0.1, -0.05) is 45.8 Å². The topological polar surface area (TPSA) is 26.3 Å². The maximum Gasteiger partial charge on any atom is 0.334 e. The van der Waals surface area contributed by atoms with Crippen molar-refractivity contribution in [2.75, 3.05) is 11.9 Å². The number of esters is 1. The fourth-order valence-electron chi connectivity index (χ4n) is 1.24. The summed E-state index contributed by atoms with van der Waals surface area (Å²) in [5, 5.41) is 0.500. The molecule has 0 saturated heterocycles. The number of rotatable bonds is 4. The first-order valence-corrected chi connectivity index (χ1v) is 6.30. The molecule has 0 unspecified atom stereocenters. The summed E-state index contributed by atoms with van der Waals surface area (Å²) in [6.45, 7) is 4.23. The van der Waals surface area contributed by atoms with E-state index < -0.39 is 0 Å². The fourth-order valence-corrected chi connectivity index (χ4v) is 1.63. The number of halogens is 1. The van der Waals surface area contributed by atoms with Crippen LogP contribution in [0, 0.1) is 6.92 Å². The van der Waals surface area contributed by atoms with Gasteiger partial charge in [-0.25, -0.2) is 4.79 Å². The molecule has 3 heteroatoms. The second-order valence-electron chi connectivity index (χ2n) is 3.43. The molecule has 0 bridgehead atoms. The van der Waals surface area contributed by atoms with Crippen LogP contribution >= 0.6 is 15.9 Å². The lowest BCUT2D eigenvalue weighted by Gasteiger charge is -2.03. The molecule has 1 aromatic rings. The first-order valence-electron chi connectivity index (χ1n) is 5.17. The zero-order chi connectivity index (χ0) is 12.0. The van der Waals surface area contributed by atoms with Crippen molar-refractivity contribution < 1.29 is 9.53 Å². The quantitative estimate of drug-likeness (QED) is 0.481. The van der Waals surface area contributed by atoms with E-state index in [-0.39, 0.29) is 5.97 Å². The van der Waals surface area contributed by atoms with Crippen LogP contribution in [0.4, 0.5) is 0 Å². The average molecular weight is 283 g/mol. The van der Waals surface area contributed by atoms with Gasteiger partial charge >= 0.3 is 5.97 Å². The lowest BCUT2D eigenvalue weighted by Crippen LogP contribution is -2.08. The molecule has 2 nitrogen and oxygen atoms in total. The summed E-state index contributed by atoms with van der Waals surface area (Å²) in [5.41, 5.74) is 2.84. The van der Waals surface area contributed by atoms with Crippen molar-refractivity contribution in [2.45, 2.75) is 13.8 Å². The lowest BCUT2D eigenvalue weighted by molar-refractivity contribution is -0.138. The predicted molar refractivity (Wildman–Crippen MR) is 69.6 cm³/mol. The van der Waals surface area contributed by atoms with Crippen molar-refractivity contribution >= 4 is 28.0 Å². The van der Waals surface area contributed by atoms with E-state index in [0.717, 1.165) is 5.56 Å². The van der Waals surface area contributed by atoms with Crippen molar-refractivity contribution in [3.8, 4) is 0 Å². The SMILES string of the molecule is CCOC(=O)/C(=C/c1ccc(C)cc1)CBr. The van der Waals surface area contributed by atoms with Crippen LogP contribution in [0.1, 0.15) is 18.1 Å². The molecule has 0 aliphatic heterocycles. The van der Waals surface area contributed by atoms with Gasteiger partial charge in [0.1, 0.15) is 0 Å². The third kappa shape index (κ3) is 3.81. The molecule has 0 fully saturated rings. The van der Waals surface area contributed by atoms with Crippen LogP contribution in [0.3, 0.4) is 0 Å². The summed E-state index contributed by atoms with van der Waals surface area (Å²) in [7, 11) is 0. The first-order chi connectivity index (χ1) is 7.67. The van der Waals surface area contributed by atoms with Gasteiger partial charge in [-0.15, -0.1) is 0 Å². The maximum absolute atomic E-state index is 11.5. The van der Waals surface area contributed by atoms with Gasteiger partial charge in [-0.2, -0.15) is 0 Å². The number of benzene rings is 1. The van der Waals surface area contributed by atoms with Gasteiger partial charge in [0.15, 0.2) is 0 Å². The zero-order valence-corrected chi connectivity index (χ0v) is 11.1. The molecule has 0 amide bonds. The Morgan fingerprint density at radius 3 is 2.50 bits per heavy atom. The molecular formula is C13H15BrO2. The van der Waals surface area contributed by atoms with Crippen LogP contribution in [0.15, 0.2) is 29.8 Å². The minimum atomic E-state index is -0.264. The second-order valence-corrected chi connectivity index (χ2v) is 4.00. The largest absolute Gasteiger partial charge is 0.463 e. The van der Waals surface area contributed by atoms with Gasteiger partial charge in [0.2, 0.25) is 0 Å². The number of hydrogen-bond donors (Lipinski definition) is 0. The summed E-state index contributed by atoms with van der Waals surface area (Å²) in [5.74, 6) is -0.264. The monoisotopic (exact) mass is 282 g/mol. The molecule has 1 aromatic carbocycles. The molecular weight excluding hydrogens is 268 g/mol. The first kappa shape index (κ1) is 13.0. The highest BCUT2D eigenvalue weighted by molar-refractivity contribution is 9.09. The lowest BCUT2D eigenvalue weighted by atomic mass is 10.1. The Morgan fingerprint density at radius 1 is 1.38 bits per heavy atom. The van der Waals surface area contributed by atoms with Crippen LogP contribution in [-0.4, -0.2) is 17.9 Å². The highest BCUT2D eigenvalue weighted by Crippen LogP contribution is 2.11. The van der Waals surface area contributed by atoms with Gasteiger partial charge in [0.05, 0.1) is 6.61 Å². The molecule has 86 valence electrons. The van der Waals surface area contributed by atoms with Gasteiger partial charge in [-0.3, -0.25) is 0 Å². The Morgan fingerprint density at radius 2 is 2.00 bits per heavy atom. The van der Waals surface area contributed by atoms with Gasteiger partial charge < -0.3 is 4.74 Å². The summed E-state index contributed by atoms with van der Waals surface area (Å²) >= 11 is 3.29. The van der Waals surface area contributed by atoms with Crippen LogP contribution in [0.25, 0.3) is 6.08 Å². The number of hydrogen-bond acceptors (Lipinski definition) is 2. The Labute approximate surface area is 104 Å². The molecule has 0 spiro atoms. The van der Waals surface area contributed by atoms with E-state index in [2.05, 4.69) is 15.9 Å². The van der Waals surface area contributed by atoms with Crippen molar-refractivity contribution in [3.05, 3.63) is 41.0 Å². The number of ether oxygens (including phenoxy) is 1. The van der Waals surface area contributed by atoms with E-state index in [0.29, 0.717) is 17.5 Å². The maximum atomic E-state index is 11.5. The predicted octanol–water partition coefficient (Wildman–Crippen LogP) is 3.34. The number of carbonyl (C=O) groups excluding carboxylic acids is 1. The minimum absolute atomic E-state index is 0.264. The highest BCUT2D eigenvalue weighted by Gasteiger charge is 2.08. The molecule has 0 atom stereocenters. The van der Waals surface area contributed by atoms with E-state index in [1.165, 1.54) is 5.56 Å². The molecule has 0 aliphatic carbocycles. The molecule has 0 radical (unpaired) electrons. The van der Waals surface area contributed by atoms with Crippen molar-refractivity contribution in [1.82, 2.24) is 0 Å². The second kappa shape index (κ2) is 6.48. The molecule has 1 rings (SSSR count). The Balaban J connectivity index is 2.87. The molecule has 0 N–H and O–H groups in total. The summed E-state index contributed by atoms with van der Waals surface area (Å²) in [4.78, 5) is 11.5. The van der Waals surface area contributed by atoms with Gasteiger partial charge in [0, 0.05) is 10.9 Å². The van der Waals surface area contributed by atoms with Gasteiger partial charge in [0.25, 0.3) is 0 Å². The molecule has 0 heterocycles. The number of alkyl halides is 1. The van der Waals surface area contributed by atoms with Gasteiger partial charge in [-0.05, 0) is 25.5 Å². The van der Waals surface area contributed by atoms with Crippen LogP contribution in [0.5, 0.6) is 0 Å². The van der Waals surface area contributed by atoms with Crippen molar-refractivity contribution in [2.24, 2.45) is 0 Å². The van der Waals surface area contributed by atoms with Crippen LogP contribution < -0.4 is 0 Å². The Bertz CT molecular complexity index is 379. The average Bonchev–Trinajstić information content (AvgIpc) is 2.28. The van der Waals surface area contributed by atoms with Crippen molar-refractivity contribution in [3.63, 3.8) is 0 Å². The fraction of sp³-hybridized carbons (Fsp3) is 0.308. The molecule has 0 saturated carbocycles. The Kier molecular flexibility index (Phi) is 5.26. The minimum Gasteiger partial charge on any atom is -0.463 e. The standard InChI is InChI=1S/C13H15BrO2/c1-3-16-13(15)12(9-14)8-11-6-4-10(2)5-7-11/h4-8H,3,9H2,1-2H3/b12-8+. The van der Waals surface area contributed by atoms with E-state index in [9.17, 15) is 4.79 Å². The third-order valence-corrected chi connectivity index (χ3v) is 2.70. The summed E-state index contributed by atoms with van der Waals surface area (Å²) < 4.78 is 4.95. The number of aryl methyl sites for hydroxylation is 1. The van der Waals surface area contributed by atoms with E-state index in [1.54, 1.807) is 6.92 Å². The summed E-state index contributed by atoms with van der Waals surface area (Å²) in [6, 6.07) is 8.00. The normalized spacial score (nSPS) is 11.3. The molecule has 0 aliphatic rings. The van der Waals surface area contributed by atoms with E-state index >= 15 is 0 Å². The Hall–Kier alpha value is -1.09. The smallest absolute Gasteiger partial charge is 0.334 e. The van der Waals surface area contributed by atoms with E-state index in [4.69, 9.17) is 4.74 Å². The van der Waals surface area contributed by atoms with Crippen LogP contribution in [0.2, 0.25) is 0 Å². The summed E-state index contributed by atoms with van der Waals surface area (Å²) in [6.07, 6.45) is 1.84. The third-order valence-electron chi connectivity index (χ3n) is 2.10. The highest BCUT2D eigenvalue weighted by atomic mass is 79.9. The zero-order valence-electron chi connectivity index (χ0n) is 9.50. The van der Waals surface area contributed by atoms with E-state index in [1.807, 2.05) is 37.3 Å². The van der Waals surface area contributed by atoms with Crippen molar-refractivity contribution in [1.29, 1.82) is 0 Å². The molecule has 0 aromatic heterocycles. The van der Waals surface area contributed by atoms with Crippen LogP contribution in [-0.2, 0) is 9.53 Å². The number of carbonyl (C=O) groups is 1.